The molecule has 2 heteroatoms. The number of carbonyl (C=O) groups excluding carboxylic acids is 1. The van der Waals surface area contributed by atoms with Crippen molar-refractivity contribution in [1.82, 2.24) is 4.90 Å². The van der Waals surface area contributed by atoms with Crippen LogP contribution in [0.4, 0.5) is 0 Å². The van der Waals surface area contributed by atoms with Crippen LogP contribution in [0.1, 0.15) is 37.7 Å². The summed E-state index contributed by atoms with van der Waals surface area (Å²) < 4.78 is 0. The number of hydrogen-bond acceptors (Lipinski definition) is 2. The Morgan fingerprint density at radius 2 is 1.71 bits per heavy atom. The van der Waals surface area contributed by atoms with Crippen LogP contribution < -0.4 is 0 Å². The Balaban J connectivity index is 1.76. The summed E-state index contributed by atoms with van der Waals surface area (Å²) in [6.07, 6.45) is 5.27. The SMILES string of the molecule is O=C1C[C@H]2CCC[C@@H](C1)N2Cc1ccccc1. The number of rotatable bonds is 2. The summed E-state index contributed by atoms with van der Waals surface area (Å²) >= 11 is 0. The quantitative estimate of drug-likeness (QED) is 0.777. The molecule has 2 nitrogen and oxygen atoms in total. The number of carbonyl (C=O) groups is 1. The smallest absolute Gasteiger partial charge is 0.136 e. The van der Waals surface area contributed by atoms with Gasteiger partial charge in [0, 0.05) is 31.5 Å². The van der Waals surface area contributed by atoms with Crippen LogP contribution in [-0.2, 0) is 11.3 Å². The van der Waals surface area contributed by atoms with E-state index in [2.05, 4.69) is 35.2 Å². The molecule has 0 radical (unpaired) electrons. The summed E-state index contributed by atoms with van der Waals surface area (Å²) in [6, 6.07) is 11.6. The third-order valence-electron chi connectivity index (χ3n) is 4.15. The van der Waals surface area contributed by atoms with E-state index in [1.165, 1.54) is 24.8 Å². The van der Waals surface area contributed by atoms with Gasteiger partial charge in [-0.1, -0.05) is 36.8 Å². The monoisotopic (exact) mass is 229 g/mol. The molecule has 1 aromatic carbocycles. The molecule has 2 saturated heterocycles. The lowest BCUT2D eigenvalue weighted by molar-refractivity contribution is -0.127. The van der Waals surface area contributed by atoms with Gasteiger partial charge in [0.25, 0.3) is 0 Å². The highest BCUT2D eigenvalue weighted by Crippen LogP contribution is 2.33. The number of hydrogen-bond donors (Lipinski definition) is 0. The molecule has 2 heterocycles. The topological polar surface area (TPSA) is 20.3 Å². The first-order valence-corrected chi connectivity index (χ1v) is 6.64. The summed E-state index contributed by atoms with van der Waals surface area (Å²) in [4.78, 5) is 14.2. The Bertz CT molecular complexity index is 385. The van der Waals surface area contributed by atoms with Crippen molar-refractivity contribution in [2.75, 3.05) is 0 Å². The van der Waals surface area contributed by atoms with E-state index < -0.39 is 0 Å². The second-order valence-electron chi connectivity index (χ2n) is 5.34. The molecule has 0 unspecified atom stereocenters. The third kappa shape index (κ3) is 2.27. The summed E-state index contributed by atoms with van der Waals surface area (Å²) in [5.41, 5.74) is 1.37. The molecular weight excluding hydrogens is 210 g/mol. The number of piperidine rings is 2. The van der Waals surface area contributed by atoms with Crippen LogP contribution in [0.25, 0.3) is 0 Å². The van der Waals surface area contributed by atoms with Gasteiger partial charge in [0.2, 0.25) is 0 Å². The molecule has 2 fully saturated rings. The van der Waals surface area contributed by atoms with Crippen molar-refractivity contribution in [2.24, 2.45) is 0 Å². The summed E-state index contributed by atoms with van der Waals surface area (Å²) in [7, 11) is 0. The minimum absolute atomic E-state index is 0.476. The van der Waals surface area contributed by atoms with E-state index in [0.29, 0.717) is 17.9 Å². The van der Waals surface area contributed by atoms with Crippen LogP contribution in [0, 0.1) is 0 Å². The molecule has 3 rings (SSSR count). The number of benzene rings is 1. The number of nitrogens with zero attached hydrogens (tertiary/aromatic N) is 1. The van der Waals surface area contributed by atoms with Gasteiger partial charge in [-0.3, -0.25) is 9.69 Å². The maximum absolute atomic E-state index is 11.6. The molecule has 0 aromatic heterocycles. The second-order valence-corrected chi connectivity index (χ2v) is 5.34. The first kappa shape index (κ1) is 11.0. The van der Waals surface area contributed by atoms with Gasteiger partial charge in [-0.15, -0.1) is 0 Å². The fourth-order valence-corrected chi connectivity index (χ4v) is 3.32. The molecule has 0 spiro atoms. The maximum Gasteiger partial charge on any atom is 0.136 e. The normalized spacial score (nSPS) is 29.3. The number of Topliss-reactive ketones (excluding diaryl/α,β-unsaturated/α-hetero) is 1. The molecule has 2 atom stereocenters. The van der Waals surface area contributed by atoms with Gasteiger partial charge in [0.15, 0.2) is 0 Å². The lowest BCUT2D eigenvalue weighted by atomic mass is 9.83. The van der Waals surface area contributed by atoms with E-state index in [-0.39, 0.29) is 0 Å². The zero-order chi connectivity index (χ0) is 11.7. The molecular formula is C15H19NO. The average Bonchev–Trinajstić information content (AvgIpc) is 2.32. The molecule has 0 amide bonds. The maximum atomic E-state index is 11.6. The van der Waals surface area contributed by atoms with Crippen LogP contribution in [0.3, 0.4) is 0 Å². The predicted octanol–water partition coefficient (Wildman–Crippen LogP) is 2.77. The lowest BCUT2D eigenvalue weighted by Gasteiger charge is -2.45. The zero-order valence-corrected chi connectivity index (χ0v) is 10.1. The largest absolute Gasteiger partial charge is 0.300 e. The first-order chi connectivity index (χ1) is 8.33. The van der Waals surface area contributed by atoms with Crippen molar-refractivity contribution in [3.63, 3.8) is 0 Å². The van der Waals surface area contributed by atoms with E-state index in [1.807, 2.05) is 0 Å². The molecule has 17 heavy (non-hydrogen) atoms. The zero-order valence-electron chi connectivity index (χ0n) is 10.1. The van der Waals surface area contributed by atoms with Gasteiger partial charge in [-0.2, -0.15) is 0 Å². The van der Waals surface area contributed by atoms with Gasteiger partial charge in [-0.05, 0) is 18.4 Å². The van der Waals surface area contributed by atoms with E-state index in [0.717, 1.165) is 19.4 Å². The van der Waals surface area contributed by atoms with Crippen molar-refractivity contribution < 1.29 is 4.79 Å². The van der Waals surface area contributed by atoms with Crippen LogP contribution >= 0.6 is 0 Å². The van der Waals surface area contributed by atoms with Gasteiger partial charge in [0.05, 0.1) is 0 Å². The molecule has 1 aromatic rings. The van der Waals surface area contributed by atoms with E-state index in [1.54, 1.807) is 0 Å². The van der Waals surface area contributed by atoms with Gasteiger partial charge in [0.1, 0.15) is 5.78 Å². The van der Waals surface area contributed by atoms with E-state index >= 15 is 0 Å². The molecule has 0 saturated carbocycles. The van der Waals surface area contributed by atoms with Crippen molar-refractivity contribution in [3.05, 3.63) is 35.9 Å². The summed E-state index contributed by atoms with van der Waals surface area (Å²) in [6.45, 7) is 1.02. The molecule has 90 valence electrons. The number of fused-ring (bicyclic) bond motifs is 2. The number of ketones is 1. The van der Waals surface area contributed by atoms with E-state index in [9.17, 15) is 4.79 Å². The Morgan fingerprint density at radius 3 is 2.35 bits per heavy atom. The Labute approximate surface area is 103 Å². The van der Waals surface area contributed by atoms with Crippen molar-refractivity contribution >= 4 is 5.78 Å². The fourth-order valence-electron chi connectivity index (χ4n) is 3.32. The predicted molar refractivity (Wildman–Crippen MR) is 67.7 cm³/mol. The summed E-state index contributed by atoms with van der Waals surface area (Å²) in [5.74, 6) is 0.476. The van der Waals surface area contributed by atoms with Gasteiger partial charge < -0.3 is 0 Å². The highest BCUT2D eigenvalue weighted by Gasteiger charge is 2.37. The highest BCUT2D eigenvalue weighted by atomic mass is 16.1. The second kappa shape index (κ2) is 4.61. The summed E-state index contributed by atoms with van der Waals surface area (Å²) in [5, 5.41) is 0. The van der Waals surface area contributed by atoms with Gasteiger partial charge >= 0.3 is 0 Å². The highest BCUT2D eigenvalue weighted by molar-refractivity contribution is 5.80. The molecule has 2 aliphatic rings. The molecule has 2 bridgehead atoms. The van der Waals surface area contributed by atoms with Crippen LogP contribution in [0.15, 0.2) is 30.3 Å². The third-order valence-corrected chi connectivity index (χ3v) is 4.15. The molecule has 2 aliphatic heterocycles. The van der Waals surface area contributed by atoms with Crippen LogP contribution in [0.5, 0.6) is 0 Å². The molecule has 0 N–H and O–H groups in total. The lowest BCUT2D eigenvalue weighted by Crippen LogP contribution is -2.51. The Morgan fingerprint density at radius 1 is 1.06 bits per heavy atom. The Hall–Kier alpha value is -1.15. The van der Waals surface area contributed by atoms with E-state index in [4.69, 9.17) is 0 Å². The Kier molecular flexibility index (Phi) is 2.98. The average molecular weight is 229 g/mol. The first-order valence-electron chi connectivity index (χ1n) is 6.64. The standard InChI is InChI=1S/C15H19NO/c17-15-9-13-7-4-8-14(10-15)16(13)11-12-5-2-1-3-6-12/h1-3,5-6,13-14H,4,7-11H2/t13-,14+. The van der Waals surface area contributed by atoms with Gasteiger partial charge in [-0.25, -0.2) is 0 Å². The molecule has 0 aliphatic carbocycles. The fraction of sp³-hybridized carbons (Fsp3) is 0.533. The van der Waals surface area contributed by atoms with Crippen molar-refractivity contribution in [1.29, 1.82) is 0 Å². The minimum Gasteiger partial charge on any atom is -0.300 e. The minimum atomic E-state index is 0.476. The van der Waals surface area contributed by atoms with Crippen LogP contribution in [-0.4, -0.2) is 22.8 Å². The van der Waals surface area contributed by atoms with Crippen LogP contribution in [0.2, 0.25) is 0 Å². The van der Waals surface area contributed by atoms with Crippen molar-refractivity contribution in [2.45, 2.75) is 50.7 Å². The van der Waals surface area contributed by atoms with Crippen molar-refractivity contribution in [3.8, 4) is 0 Å².